The molecule has 0 radical (unpaired) electrons. The highest BCUT2D eigenvalue weighted by molar-refractivity contribution is 5.68. The van der Waals surface area contributed by atoms with Crippen molar-refractivity contribution in [3.05, 3.63) is 33.8 Å². The summed E-state index contributed by atoms with van der Waals surface area (Å²) in [6.07, 6.45) is 2.15. The van der Waals surface area contributed by atoms with E-state index in [1.54, 1.807) is 27.7 Å². The van der Waals surface area contributed by atoms with E-state index in [2.05, 4.69) is 10.6 Å². The number of nitro groups is 1. The van der Waals surface area contributed by atoms with Gasteiger partial charge in [0.15, 0.2) is 11.9 Å². The number of hydrogen-bond acceptors (Lipinski definition) is 6. The van der Waals surface area contributed by atoms with E-state index in [0.29, 0.717) is 17.7 Å². The highest BCUT2D eigenvalue weighted by Gasteiger charge is 2.19. The summed E-state index contributed by atoms with van der Waals surface area (Å²) in [5.74, 6) is 0. The van der Waals surface area contributed by atoms with Crippen LogP contribution in [-0.4, -0.2) is 29.2 Å². The van der Waals surface area contributed by atoms with Crippen LogP contribution >= 0.6 is 0 Å². The molecule has 1 amide bonds. The minimum atomic E-state index is -0.575. The third kappa shape index (κ3) is 6.81. The monoisotopic (exact) mass is 326 g/mol. The van der Waals surface area contributed by atoms with Gasteiger partial charge in [0.05, 0.1) is 11.0 Å². The summed E-state index contributed by atoms with van der Waals surface area (Å²) in [7, 11) is 0. The van der Waals surface area contributed by atoms with Gasteiger partial charge in [-0.25, -0.2) is 4.79 Å². The van der Waals surface area contributed by atoms with Gasteiger partial charge in [0.1, 0.15) is 5.60 Å². The van der Waals surface area contributed by atoms with E-state index in [0.717, 1.165) is 18.5 Å². The molecule has 9 heteroatoms. The van der Waals surface area contributed by atoms with Gasteiger partial charge >= 0.3 is 11.8 Å². The second-order valence-electron chi connectivity index (χ2n) is 6.12. The second kappa shape index (κ2) is 7.61. The van der Waals surface area contributed by atoms with Crippen molar-refractivity contribution < 1.29 is 19.2 Å². The molecule has 0 spiro atoms. The van der Waals surface area contributed by atoms with Gasteiger partial charge in [-0.3, -0.25) is 10.1 Å². The number of nitrogens with zero attached hydrogens (tertiary/aromatic N) is 2. The SMILES string of the molecule is CC(CCNc1c[n+]([O-])ccc1[N+](=O)[O-])NC(=O)OC(C)(C)C. The summed E-state index contributed by atoms with van der Waals surface area (Å²) in [6.45, 7) is 7.45. The highest BCUT2D eigenvalue weighted by Crippen LogP contribution is 2.21. The molecule has 0 aliphatic rings. The normalized spacial score (nSPS) is 12.3. The summed E-state index contributed by atoms with van der Waals surface area (Å²) < 4.78 is 5.62. The molecule has 1 aromatic heterocycles. The molecule has 1 aromatic rings. The lowest BCUT2D eigenvalue weighted by molar-refractivity contribution is -0.605. The van der Waals surface area contributed by atoms with Crippen molar-refractivity contribution in [2.75, 3.05) is 11.9 Å². The third-order valence-corrected chi connectivity index (χ3v) is 2.76. The number of rotatable bonds is 6. The minimum absolute atomic E-state index is 0.136. The van der Waals surface area contributed by atoms with Gasteiger partial charge in [-0.05, 0) is 34.1 Å². The van der Waals surface area contributed by atoms with Crippen molar-refractivity contribution in [2.45, 2.75) is 45.8 Å². The number of pyridine rings is 1. The Balaban J connectivity index is 2.49. The molecule has 9 nitrogen and oxygen atoms in total. The van der Waals surface area contributed by atoms with Crippen LogP contribution < -0.4 is 15.4 Å². The van der Waals surface area contributed by atoms with Crippen LogP contribution in [-0.2, 0) is 4.74 Å². The Kier molecular flexibility index (Phi) is 6.11. The Morgan fingerprint density at radius 1 is 1.48 bits per heavy atom. The van der Waals surface area contributed by atoms with Crippen LogP contribution in [0.15, 0.2) is 18.5 Å². The van der Waals surface area contributed by atoms with E-state index in [9.17, 15) is 20.1 Å². The van der Waals surface area contributed by atoms with Gasteiger partial charge in [-0.1, -0.05) is 0 Å². The number of carbonyl (C=O) groups is 1. The number of alkyl carbamates (subject to hydrolysis) is 1. The molecule has 0 saturated heterocycles. The molecular weight excluding hydrogens is 304 g/mol. The fourth-order valence-corrected chi connectivity index (χ4v) is 1.77. The van der Waals surface area contributed by atoms with Gasteiger partial charge in [-0.15, -0.1) is 0 Å². The fourth-order valence-electron chi connectivity index (χ4n) is 1.77. The van der Waals surface area contributed by atoms with Crippen LogP contribution in [0.4, 0.5) is 16.2 Å². The molecule has 0 aliphatic carbocycles. The molecule has 128 valence electrons. The first-order valence-corrected chi connectivity index (χ1v) is 7.19. The maximum Gasteiger partial charge on any atom is 0.407 e. The summed E-state index contributed by atoms with van der Waals surface area (Å²) in [5.41, 5.74) is -0.615. The zero-order chi connectivity index (χ0) is 17.6. The number of hydrogen-bond donors (Lipinski definition) is 2. The molecule has 0 aromatic carbocycles. The number of amides is 1. The first-order valence-electron chi connectivity index (χ1n) is 7.19. The summed E-state index contributed by atoms with van der Waals surface area (Å²) in [6, 6.07) is 0.942. The largest absolute Gasteiger partial charge is 0.619 e. The molecule has 1 rings (SSSR count). The average Bonchev–Trinajstić information content (AvgIpc) is 2.35. The molecule has 0 fully saturated rings. The van der Waals surface area contributed by atoms with Crippen molar-refractivity contribution >= 4 is 17.5 Å². The molecule has 0 saturated carbocycles. The quantitative estimate of drug-likeness (QED) is 0.357. The van der Waals surface area contributed by atoms with E-state index < -0.39 is 16.6 Å². The van der Waals surface area contributed by atoms with Crippen LogP contribution in [0.3, 0.4) is 0 Å². The van der Waals surface area contributed by atoms with Gasteiger partial charge in [0.25, 0.3) is 0 Å². The maximum atomic E-state index is 11.6. The van der Waals surface area contributed by atoms with E-state index in [-0.39, 0.29) is 17.4 Å². The Hall–Kier alpha value is -2.58. The van der Waals surface area contributed by atoms with E-state index in [1.807, 2.05) is 0 Å². The smallest absolute Gasteiger partial charge is 0.407 e. The summed E-state index contributed by atoms with van der Waals surface area (Å²) in [4.78, 5) is 21.9. The topological polar surface area (TPSA) is 120 Å². The van der Waals surface area contributed by atoms with E-state index >= 15 is 0 Å². The Labute approximate surface area is 134 Å². The molecule has 0 aliphatic heterocycles. The molecule has 1 unspecified atom stereocenters. The zero-order valence-electron chi connectivity index (χ0n) is 13.7. The van der Waals surface area contributed by atoms with Gasteiger partial charge in [0, 0.05) is 12.6 Å². The Morgan fingerprint density at radius 3 is 2.70 bits per heavy atom. The highest BCUT2D eigenvalue weighted by atomic mass is 16.6. The van der Waals surface area contributed by atoms with Gasteiger partial charge < -0.3 is 20.6 Å². The van der Waals surface area contributed by atoms with Gasteiger partial charge in [0.2, 0.25) is 6.20 Å². The number of anilines is 1. The molecule has 2 N–H and O–H groups in total. The van der Waals surface area contributed by atoms with Crippen molar-refractivity contribution in [3.8, 4) is 0 Å². The average molecular weight is 326 g/mol. The van der Waals surface area contributed by atoms with Gasteiger partial charge in [-0.2, -0.15) is 4.73 Å². The third-order valence-electron chi connectivity index (χ3n) is 2.76. The van der Waals surface area contributed by atoms with Crippen molar-refractivity contribution in [1.29, 1.82) is 0 Å². The minimum Gasteiger partial charge on any atom is -0.619 e. The van der Waals surface area contributed by atoms with Crippen LogP contribution in [0.25, 0.3) is 0 Å². The standard InChI is InChI=1S/C14H22N4O5/c1-10(16-13(19)23-14(2,3)4)5-7-15-11-9-17(20)8-6-12(11)18(21)22/h6,8-10,15H,5,7H2,1-4H3,(H,16,19). The van der Waals surface area contributed by atoms with Crippen LogP contribution in [0.1, 0.15) is 34.1 Å². The molecule has 23 heavy (non-hydrogen) atoms. The van der Waals surface area contributed by atoms with Crippen LogP contribution in [0.5, 0.6) is 0 Å². The maximum absolute atomic E-state index is 11.6. The molecular formula is C14H22N4O5. The van der Waals surface area contributed by atoms with Crippen molar-refractivity contribution in [2.24, 2.45) is 0 Å². The zero-order valence-corrected chi connectivity index (χ0v) is 13.7. The Morgan fingerprint density at radius 2 is 2.13 bits per heavy atom. The number of carbonyl (C=O) groups excluding carboxylic acids is 1. The molecule has 0 bridgehead atoms. The molecule has 1 heterocycles. The number of aromatic nitrogens is 1. The van der Waals surface area contributed by atoms with Crippen LogP contribution in [0, 0.1) is 15.3 Å². The molecule has 1 atom stereocenters. The van der Waals surface area contributed by atoms with Crippen LogP contribution in [0.2, 0.25) is 0 Å². The lowest BCUT2D eigenvalue weighted by Crippen LogP contribution is -2.38. The lowest BCUT2D eigenvalue weighted by Gasteiger charge is -2.22. The van der Waals surface area contributed by atoms with Crippen molar-refractivity contribution in [3.63, 3.8) is 0 Å². The lowest BCUT2D eigenvalue weighted by atomic mass is 10.2. The predicted octanol–water partition coefficient (Wildman–Crippen LogP) is 1.94. The second-order valence-corrected chi connectivity index (χ2v) is 6.12. The first kappa shape index (κ1) is 18.5. The van der Waals surface area contributed by atoms with E-state index in [1.165, 1.54) is 0 Å². The van der Waals surface area contributed by atoms with Crippen molar-refractivity contribution in [1.82, 2.24) is 5.32 Å². The predicted molar refractivity (Wildman–Crippen MR) is 84.0 cm³/mol. The summed E-state index contributed by atoms with van der Waals surface area (Å²) >= 11 is 0. The Bertz CT molecular complexity index is 571. The fraction of sp³-hybridized carbons (Fsp3) is 0.571. The number of nitrogens with one attached hydrogen (secondary N) is 2. The first-order chi connectivity index (χ1) is 10.6. The summed E-state index contributed by atoms with van der Waals surface area (Å²) in [5, 5.41) is 27.6. The van der Waals surface area contributed by atoms with E-state index in [4.69, 9.17) is 4.74 Å². The number of ether oxygens (including phenoxy) is 1.